The molecule has 2 rings (SSSR count). The number of H-pyrrole nitrogens is 2. The Kier molecular flexibility index (Phi) is 6.06. The van der Waals surface area contributed by atoms with Crippen LogP contribution in [0.25, 0.3) is 0 Å². The molecule has 0 bridgehead atoms. The number of hydrogen-bond acceptors (Lipinski definition) is 8. The van der Waals surface area contributed by atoms with Gasteiger partial charge in [0.15, 0.2) is 16.5 Å². The van der Waals surface area contributed by atoms with E-state index in [1.807, 2.05) is 4.98 Å². The van der Waals surface area contributed by atoms with Crippen LogP contribution in [0.4, 0.5) is 5.69 Å². The maximum atomic E-state index is 12.1. The Morgan fingerprint density at radius 3 is 2.32 bits per heavy atom. The lowest BCUT2D eigenvalue weighted by molar-refractivity contribution is -0.113. The van der Waals surface area contributed by atoms with Crippen LogP contribution >= 0.6 is 11.8 Å². The number of aromatic nitrogens is 3. The first kappa shape index (κ1) is 18.4. The van der Waals surface area contributed by atoms with E-state index in [2.05, 4.69) is 15.5 Å². The number of carbonyl (C=O) groups excluding carboxylic acids is 1. The number of hydrogen-bond donors (Lipinski definition) is 3. The fourth-order valence-electron chi connectivity index (χ4n) is 1.92. The summed E-state index contributed by atoms with van der Waals surface area (Å²) in [6.45, 7) is 0. The monoisotopic (exact) mass is 368 g/mol. The predicted octanol–water partition coefficient (Wildman–Crippen LogP) is 0.215. The van der Waals surface area contributed by atoms with Gasteiger partial charge in [-0.15, -0.1) is 0 Å². The number of methoxy groups -OCH3 is 3. The Bertz CT molecular complexity index is 853. The van der Waals surface area contributed by atoms with Crippen LogP contribution in [0.5, 0.6) is 17.2 Å². The lowest BCUT2D eigenvalue weighted by atomic mass is 10.2. The number of ether oxygens (including phenoxy) is 3. The van der Waals surface area contributed by atoms with Crippen LogP contribution in [0, 0.1) is 0 Å². The number of thioether (sulfide) groups is 1. The van der Waals surface area contributed by atoms with E-state index in [-0.39, 0.29) is 16.7 Å². The van der Waals surface area contributed by atoms with Crippen LogP contribution in [-0.4, -0.2) is 48.2 Å². The molecule has 0 aliphatic rings. The normalized spacial score (nSPS) is 10.2. The average Bonchev–Trinajstić information content (AvgIpc) is 2.60. The molecule has 1 amide bonds. The standard InChI is InChI=1S/C14H16N4O6S/c1-22-8-4-7(5-9(23-2)11(8)24-3)15-10(19)6-25-13-12(20)16-14(21)18-17-13/h4-5H,6H2,1-3H3,(H,15,19)(H2,16,18,20,21). The molecule has 1 aromatic heterocycles. The van der Waals surface area contributed by atoms with Gasteiger partial charge in [-0.25, -0.2) is 9.89 Å². The molecule has 0 radical (unpaired) electrons. The van der Waals surface area contributed by atoms with Crippen LogP contribution in [0.1, 0.15) is 0 Å². The minimum absolute atomic E-state index is 0.0142. The van der Waals surface area contributed by atoms with Gasteiger partial charge in [-0.2, -0.15) is 5.10 Å². The molecule has 1 heterocycles. The molecular weight excluding hydrogens is 352 g/mol. The second-order valence-electron chi connectivity index (χ2n) is 4.56. The number of rotatable bonds is 7. The Morgan fingerprint density at radius 2 is 1.80 bits per heavy atom. The van der Waals surface area contributed by atoms with Gasteiger partial charge in [0.1, 0.15) is 0 Å². The molecule has 3 N–H and O–H groups in total. The summed E-state index contributed by atoms with van der Waals surface area (Å²) in [5, 5.41) is 8.32. The molecular formula is C14H16N4O6S. The van der Waals surface area contributed by atoms with E-state index < -0.39 is 11.2 Å². The van der Waals surface area contributed by atoms with Crippen LogP contribution < -0.4 is 30.8 Å². The van der Waals surface area contributed by atoms with Crippen molar-refractivity contribution in [2.75, 3.05) is 32.4 Å². The first-order chi connectivity index (χ1) is 12.0. The number of nitrogens with one attached hydrogen (secondary N) is 3. The van der Waals surface area contributed by atoms with E-state index in [4.69, 9.17) is 14.2 Å². The summed E-state index contributed by atoms with van der Waals surface area (Å²) in [5.41, 5.74) is -0.936. The second-order valence-corrected chi connectivity index (χ2v) is 5.53. The molecule has 0 saturated carbocycles. The van der Waals surface area contributed by atoms with Gasteiger partial charge in [0.2, 0.25) is 11.7 Å². The summed E-state index contributed by atoms with van der Waals surface area (Å²) in [4.78, 5) is 36.5. The fourth-order valence-corrected chi connectivity index (χ4v) is 2.55. The molecule has 1 aromatic carbocycles. The Morgan fingerprint density at radius 1 is 1.16 bits per heavy atom. The third-order valence-electron chi connectivity index (χ3n) is 2.97. The number of benzene rings is 1. The highest BCUT2D eigenvalue weighted by atomic mass is 32.2. The molecule has 0 fully saturated rings. The number of carbonyl (C=O) groups is 1. The van der Waals surface area contributed by atoms with Crippen LogP contribution in [0.15, 0.2) is 26.7 Å². The average molecular weight is 368 g/mol. The number of anilines is 1. The van der Waals surface area contributed by atoms with Crippen molar-refractivity contribution in [2.24, 2.45) is 0 Å². The lowest BCUT2D eigenvalue weighted by Gasteiger charge is -2.14. The van der Waals surface area contributed by atoms with Crippen LogP contribution in [0.3, 0.4) is 0 Å². The van der Waals surface area contributed by atoms with Gasteiger partial charge in [0.25, 0.3) is 5.56 Å². The summed E-state index contributed by atoms with van der Waals surface area (Å²) < 4.78 is 15.6. The summed E-state index contributed by atoms with van der Waals surface area (Å²) in [6.07, 6.45) is 0. The van der Waals surface area contributed by atoms with Crippen molar-refractivity contribution >= 4 is 23.4 Å². The zero-order valence-electron chi connectivity index (χ0n) is 13.7. The van der Waals surface area contributed by atoms with Crippen molar-refractivity contribution < 1.29 is 19.0 Å². The van der Waals surface area contributed by atoms with Gasteiger partial charge in [0, 0.05) is 17.8 Å². The molecule has 0 saturated heterocycles. The van der Waals surface area contributed by atoms with Gasteiger partial charge in [-0.05, 0) is 0 Å². The summed E-state index contributed by atoms with van der Waals surface area (Å²) in [6, 6.07) is 3.16. The SMILES string of the molecule is COc1cc(NC(=O)CSc2n[nH]c(=O)[nH]c2=O)cc(OC)c1OC. The van der Waals surface area contributed by atoms with Crippen LogP contribution in [0.2, 0.25) is 0 Å². The lowest BCUT2D eigenvalue weighted by Crippen LogP contribution is -2.25. The third-order valence-corrected chi connectivity index (χ3v) is 3.93. The number of nitrogens with zero attached hydrogens (tertiary/aromatic N) is 1. The minimum atomic E-state index is -0.712. The van der Waals surface area contributed by atoms with E-state index in [9.17, 15) is 14.4 Å². The molecule has 0 aliphatic heterocycles. The van der Waals surface area contributed by atoms with Gasteiger partial charge < -0.3 is 19.5 Å². The largest absolute Gasteiger partial charge is 0.493 e. The van der Waals surface area contributed by atoms with E-state index in [1.165, 1.54) is 21.3 Å². The van der Waals surface area contributed by atoms with Crippen molar-refractivity contribution in [3.05, 3.63) is 33.0 Å². The van der Waals surface area contributed by atoms with Gasteiger partial charge in [-0.3, -0.25) is 14.6 Å². The molecule has 25 heavy (non-hydrogen) atoms. The molecule has 0 unspecified atom stereocenters. The first-order valence-corrected chi connectivity index (χ1v) is 7.88. The predicted molar refractivity (Wildman–Crippen MR) is 90.9 cm³/mol. The molecule has 11 heteroatoms. The zero-order chi connectivity index (χ0) is 18.4. The first-order valence-electron chi connectivity index (χ1n) is 6.90. The quantitative estimate of drug-likeness (QED) is 0.591. The highest BCUT2D eigenvalue weighted by Gasteiger charge is 2.15. The molecule has 0 spiro atoms. The molecule has 10 nitrogen and oxygen atoms in total. The van der Waals surface area contributed by atoms with Crippen molar-refractivity contribution in [2.45, 2.75) is 5.03 Å². The number of amides is 1. The Hall–Kier alpha value is -2.95. The van der Waals surface area contributed by atoms with E-state index >= 15 is 0 Å². The molecule has 134 valence electrons. The van der Waals surface area contributed by atoms with Crippen LogP contribution in [-0.2, 0) is 4.79 Å². The van der Waals surface area contributed by atoms with Crippen molar-refractivity contribution in [1.82, 2.24) is 15.2 Å². The van der Waals surface area contributed by atoms with Crippen molar-refractivity contribution in [3.8, 4) is 17.2 Å². The highest BCUT2D eigenvalue weighted by molar-refractivity contribution is 7.99. The summed E-state index contributed by atoms with van der Waals surface area (Å²) in [7, 11) is 4.41. The van der Waals surface area contributed by atoms with E-state index in [1.54, 1.807) is 12.1 Å². The fraction of sp³-hybridized carbons (Fsp3) is 0.286. The van der Waals surface area contributed by atoms with E-state index in [0.29, 0.717) is 22.9 Å². The maximum absolute atomic E-state index is 12.1. The Balaban J connectivity index is 2.09. The topological polar surface area (TPSA) is 135 Å². The van der Waals surface area contributed by atoms with Crippen molar-refractivity contribution in [1.29, 1.82) is 0 Å². The van der Waals surface area contributed by atoms with Gasteiger partial charge >= 0.3 is 5.69 Å². The molecule has 0 aliphatic carbocycles. The third kappa shape index (κ3) is 4.53. The highest BCUT2D eigenvalue weighted by Crippen LogP contribution is 2.39. The van der Waals surface area contributed by atoms with Gasteiger partial charge in [0.05, 0.1) is 27.1 Å². The Labute approximate surface area is 145 Å². The zero-order valence-corrected chi connectivity index (χ0v) is 14.5. The minimum Gasteiger partial charge on any atom is -0.493 e. The molecule has 2 aromatic rings. The molecule has 0 atom stereocenters. The van der Waals surface area contributed by atoms with Crippen molar-refractivity contribution in [3.63, 3.8) is 0 Å². The second kappa shape index (κ2) is 8.24. The summed E-state index contributed by atoms with van der Waals surface area (Å²) >= 11 is 0.886. The summed E-state index contributed by atoms with van der Waals surface area (Å²) in [5.74, 6) is 0.721. The van der Waals surface area contributed by atoms with Gasteiger partial charge in [-0.1, -0.05) is 11.8 Å². The van der Waals surface area contributed by atoms with E-state index in [0.717, 1.165) is 11.8 Å². The number of aromatic amines is 2. The maximum Gasteiger partial charge on any atom is 0.342 e. The smallest absolute Gasteiger partial charge is 0.342 e.